The molecule has 1 aliphatic heterocycles. The molecule has 1 fully saturated rings. The Labute approximate surface area is 140 Å². The fourth-order valence-corrected chi connectivity index (χ4v) is 2.33. The van der Waals surface area contributed by atoms with Gasteiger partial charge in [0.1, 0.15) is 5.60 Å². The molecule has 1 amide bonds. The summed E-state index contributed by atoms with van der Waals surface area (Å²) < 4.78 is 11.1. The molecule has 1 heterocycles. The molecule has 134 valence electrons. The monoisotopic (exact) mass is 329 g/mol. The summed E-state index contributed by atoms with van der Waals surface area (Å²) in [5.41, 5.74) is -2.67. The number of rotatable bonds is 4. The van der Waals surface area contributed by atoms with Crippen LogP contribution in [0.2, 0.25) is 0 Å². The Morgan fingerprint density at radius 3 is 2.17 bits per heavy atom. The molecule has 1 aliphatic rings. The van der Waals surface area contributed by atoms with Crippen molar-refractivity contribution in [1.82, 2.24) is 4.90 Å². The Morgan fingerprint density at radius 2 is 1.70 bits per heavy atom. The molecule has 0 aromatic carbocycles. The minimum absolute atomic E-state index is 0.439. The Morgan fingerprint density at radius 1 is 1.13 bits per heavy atom. The second kappa shape index (κ2) is 6.99. The van der Waals surface area contributed by atoms with Crippen molar-refractivity contribution in [2.75, 3.05) is 6.54 Å². The van der Waals surface area contributed by atoms with E-state index in [4.69, 9.17) is 9.39 Å². The van der Waals surface area contributed by atoms with Crippen LogP contribution < -0.4 is 0 Å². The van der Waals surface area contributed by atoms with E-state index in [1.54, 1.807) is 32.6 Å². The zero-order valence-corrected chi connectivity index (χ0v) is 15.5. The van der Waals surface area contributed by atoms with Gasteiger partial charge in [0.2, 0.25) is 0 Å². The maximum atomic E-state index is 12.4. The highest BCUT2D eigenvalue weighted by atomic mass is 16.6. The van der Waals surface area contributed by atoms with E-state index in [1.165, 1.54) is 0 Å². The molecule has 0 spiro atoms. The quantitative estimate of drug-likeness (QED) is 0.774. The maximum Gasteiger partial charge on any atom is 0.479 e. The molecule has 7 heteroatoms. The third kappa shape index (κ3) is 5.66. The third-order valence-electron chi connectivity index (χ3n) is 4.40. The molecule has 0 bridgehead atoms. The Bertz CT molecular complexity index is 414. The number of carbonyl (C=O) groups excluding carboxylic acids is 1. The average molecular weight is 329 g/mol. The molecule has 6 nitrogen and oxygen atoms in total. The zero-order chi connectivity index (χ0) is 18.1. The van der Waals surface area contributed by atoms with Gasteiger partial charge in [-0.05, 0) is 61.3 Å². The summed E-state index contributed by atoms with van der Waals surface area (Å²) in [6.07, 6.45) is 1.98. The van der Waals surface area contributed by atoms with Gasteiger partial charge in [0, 0.05) is 6.54 Å². The summed E-state index contributed by atoms with van der Waals surface area (Å²) in [6.45, 7) is 12.7. The van der Waals surface area contributed by atoms with E-state index in [9.17, 15) is 14.9 Å². The topological polar surface area (TPSA) is 79.2 Å². The van der Waals surface area contributed by atoms with Crippen molar-refractivity contribution in [1.29, 1.82) is 0 Å². The van der Waals surface area contributed by atoms with Gasteiger partial charge in [-0.2, -0.15) is 0 Å². The van der Waals surface area contributed by atoms with Crippen LogP contribution in [0.1, 0.15) is 67.7 Å². The Balaban J connectivity index is 2.83. The summed E-state index contributed by atoms with van der Waals surface area (Å²) in [5.74, 6) is -0.472. The van der Waals surface area contributed by atoms with E-state index in [1.807, 2.05) is 20.8 Å². The molecule has 1 rings (SSSR count). The van der Waals surface area contributed by atoms with E-state index in [-0.39, 0.29) is 0 Å². The van der Waals surface area contributed by atoms with Gasteiger partial charge >= 0.3 is 13.2 Å². The Hall–Kier alpha value is -0.785. The standard InChI is InChI=1S/C16H32BNO5/c1-14(2,3)22-13(19)18-11-9-8-10-12(18)17(21)23-16(6,7)15(4,5)20/h12,20-21H,8-11H2,1-7H3. The SMILES string of the molecule is CC(C)(C)OC(=O)N1CCCCC1B(O)OC(C)(C)C(C)(C)O. The van der Waals surface area contributed by atoms with Crippen LogP contribution in [0.5, 0.6) is 0 Å². The normalized spacial score (nSPS) is 20.4. The molecule has 0 saturated carbocycles. The van der Waals surface area contributed by atoms with Crippen molar-refractivity contribution in [2.24, 2.45) is 0 Å². The highest BCUT2D eigenvalue weighted by Crippen LogP contribution is 2.29. The van der Waals surface area contributed by atoms with Crippen LogP contribution in [0.4, 0.5) is 4.79 Å². The van der Waals surface area contributed by atoms with Crippen molar-refractivity contribution in [3.8, 4) is 0 Å². The van der Waals surface area contributed by atoms with Gasteiger partial charge in [0.25, 0.3) is 0 Å². The molecule has 0 radical (unpaired) electrons. The minimum Gasteiger partial charge on any atom is -0.444 e. The summed E-state index contributed by atoms with van der Waals surface area (Å²) in [5, 5.41) is 20.7. The van der Waals surface area contributed by atoms with E-state index >= 15 is 0 Å². The lowest BCUT2D eigenvalue weighted by Crippen LogP contribution is -2.59. The predicted octanol–water partition coefficient (Wildman–Crippen LogP) is 2.36. The van der Waals surface area contributed by atoms with Crippen molar-refractivity contribution >= 4 is 13.2 Å². The maximum absolute atomic E-state index is 12.4. The van der Waals surface area contributed by atoms with Gasteiger partial charge in [-0.3, -0.25) is 0 Å². The van der Waals surface area contributed by atoms with Gasteiger partial charge in [-0.1, -0.05) is 6.42 Å². The number of piperidine rings is 1. The number of likely N-dealkylation sites (tertiary alicyclic amines) is 1. The van der Waals surface area contributed by atoms with Gasteiger partial charge in [0.05, 0.1) is 17.1 Å². The van der Waals surface area contributed by atoms with Crippen LogP contribution >= 0.6 is 0 Å². The van der Waals surface area contributed by atoms with Crippen molar-refractivity contribution in [3.05, 3.63) is 0 Å². The number of hydrogen-bond donors (Lipinski definition) is 2. The average Bonchev–Trinajstić information content (AvgIpc) is 2.34. The fraction of sp³-hybridized carbons (Fsp3) is 0.938. The first kappa shape index (κ1) is 20.3. The van der Waals surface area contributed by atoms with Gasteiger partial charge in [0.15, 0.2) is 0 Å². The predicted molar refractivity (Wildman–Crippen MR) is 90.0 cm³/mol. The molecular formula is C16H32BNO5. The number of aliphatic hydroxyl groups is 1. The lowest BCUT2D eigenvalue weighted by atomic mass is 9.71. The van der Waals surface area contributed by atoms with Crippen LogP contribution in [0.25, 0.3) is 0 Å². The molecule has 0 aromatic heterocycles. The molecule has 23 heavy (non-hydrogen) atoms. The lowest BCUT2D eigenvalue weighted by molar-refractivity contribution is -0.103. The van der Waals surface area contributed by atoms with Crippen LogP contribution in [0.15, 0.2) is 0 Å². The molecule has 1 unspecified atom stereocenters. The first-order chi connectivity index (χ1) is 10.2. The van der Waals surface area contributed by atoms with E-state index in [0.717, 1.165) is 12.8 Å². The zero-order valence-electron chi connectivity index (χ0n) is 15.5. The van der Waals surface area contributed by atoms with Gasteiger partial charge < -0.3 is 24.4 Å². The highest BCUT2D eigenvalue weighted by Gasteiger charge is 2.45. The van der Waals surface area contributed by atoms with Crippen LogP contribution in [-0.2, 0) is 9.39 Å². The van der Waals surface area contributed by atoms with E-state index < -0.39 is 36.0 Å². The lowest BCUT2D eigenvalue weighted by Gasteiger charge is -2.42. The molecule has 1 saturated heterocycles. The van der Waals surface area contributed by atoms with Gasteiger partial charge in [-0.15, -0.1) is 0 Å². The van der Waals surface area contributed by atoms with Crippen molar-refractivity contribution in [2.45, 2.75) is 90.5 Å². The highest BCUT2D eigenvalue weighted by molar-refractivity contribution is 6.45. The molecule has 0 aliphatic carbocycles. The van der Waals surface area contributed by atoms with Crippen LogP contribution in [-0.4, -0.2) is 57.5 Å². The largest absolute Gasteiger partial charge is 0.479 e. The minimum atomic E-state index is -1.18. The number of ether oxygens (including phenoxy) is 1. The number of hydrogen-bond acceptors (Lipinski definition) is 5. The third-order valence-corrected chi connectivity index (χ3v) is 4.40. The van der Waals surface area contributed by atoms with Crippen LogP contribution in [0, 0.1) is 0 Å². The molecule has 2 N–H and O–H groups in total. The molecule has 0 aromatic rings. The first-order valence-electron chi connectivity index (χ1n) is 8.32. The van der Waals surface area contributed by atoms with E-state index in [2.05, 4.69) is 0 Å². The molecule has 1 atom stereocenters. The second-order valence-electron chi connectivity index (χ2n) is 8.31. The van der Waals surface area contributed by atoms with Gasteiger partial charge in [-0.25, -0.2) is 4.79 Å². The van der Waals surface area contributed by atoms with E-state index in [0.29, 0.717) is 13.0 Å². The van der Waals surface area contributed by atoms with Crippen molar-refractivity contribution < 1.29 is 24.3 Å². The first-order valence-corrected chi connectivity index (χ1v) is 8.32. The summed E-state index contributed by atoms with van der Waals surface area (Å²) in [4.78, 5) is 13.9. The van der Waals surface area contributed by atoms with Crippen molar-refractivity contribution in [3.63, 3.8) is 0 Å². The summed E-state index contributed by atoms with van der Waals surface area (Å²) in [6, 6.07) is 0. The summed E-state index contributed by atoms with van der Waals surface area (Å²) >= 11 is 0. The van der Waals surface area contributed by atoms with Crippen LogP contribution in [0.3, 0.4) is 0 Å². The summed E-state index contributed by atoms with van der Waals surface area (Å²) in [7, 11) is -1.18. The number of carbonyl (C=O) groups is 1. The second-order valence-corrected chi connectivity index (χ2v) is 8.31. The number of nitrogens with zero attached hydrogens (tertiary/aromatic N) is 1. The smallest absolute Gasteiger partial charge is 0.444 e. The number of amides is 1. The fourth-order valence-electron chi connectivity index (χ4n) is 2.33. The molecular weight excluding hydrogens is 297 g/mol. The Kier molecular flexibility index (Phi) is 6.16.